The zero-order valence-electron chi connectivity index (χ0n) is 19.3. The number of carbonyl (C=O) groups is 1. The number of carbonyl (C=O) groups excluding carboxylic acids is 1. The summed E-state index contributed by atoms with van der Waals surface area (Å²) in [7, 11) is 0. The van der Waals surface area contributed by atoms with Gasteiger partial charge in [0.05, 0.1) is 5.69 Å². The van der Waals surface area contributed by atoms with Crippen LogP contribution in [0.3, 0.4) is 0 Å². The molecule has 0 bridgehead atoms. The van der Waals surface area contributed by atoms with Gasteiger partial charge in [0.2, 0.25) is 0 Å². The van der Waals surface area contributed by atoms with Gasteiger partial charge in [0.25, 0.3) is 5.91 Å². The molecule has 5 N–H and O–H groups in total. The number of aliphatic imine (C=N–C) groups is 1. The lowest BCUT2D eigenvalue weighted by molar-refractivity contribution is -0.117. The number of nitrogens with zero attached hydrogens (tertiary/aromatic N) is 2. The van der Waals surface area contributed by atoms with Gasteiger partial charge in [-0.05, 0) is 69.2 Å². The van der Waals surface area contributed by atoms with E-state index in [-0.39, 0.29) is 18.0 Å². The fraction of sp³-hybridized carbons (Fsp3) is 0.500. The van der Waals surface area contributed by atoms with Crippen LogP contribution in [-0.2, 0) is 4.79 Å². The Bertz CT molecular complexity index is 998. The predicted molar refractivity (Wildman–Crippen MR) is 126 cm³/mol. The van der Waals surface area contributed by atoms with Crippen LogP contribution in [0.4, 0.5) is 0 Å². The lowest BCUT2D eigenvalue weighted by Gasteiger charge is -2.30. The third-order valence-corrected chi connectivity index (χ3v) is 6.50. The second kappa shape index (κ2) is 9.24. The molecule has 8 nitrogen and oxygen atoms in total. The molecule has 0 saturated heterocycles. The quantitative estimate of drug-likeness (QED) is 0.402. The zero-order valence-corrected chi connectivity index (χ0v) is 19.3. The first-order valence-corrected chi connectivity index (χ1v) is 11.4. The van der Waals surface area contributed by atoms with Crippen molar-refractivity contribution in [1.82, 2.24) is 20.6 Å². The topological polar surface area (TPSA) is 103 Å². The molecular formula is C24H34N6O2. The minimum atomic E-state index is -0.814. The summed E-state index contributed by atoms with van der Waals surface area (Å²) in [6.45, 7) is 8.81. The highest BCUT2D eigenvalue weighted by Gasteiger charge is 2.30. The van der Waals surface area contributed by atoms with E-state index in [0.29, 0.717) is 5.92 Å². The monoisotopic (exact) mass is 438 g/mol. The highest BCUT2D eigenvalue weighted by atomic mass is 16.3. The van der Waals surface area contributed by atoms with Gasteiger partial charge in [-0.1, -0.05) is 19.1 Å². The molecule has 32 heavy (non-hydrogen) atoms. The third kappa shape index (κ3) is 4.46. The first-order valence-electron chi connectivity index (χ1n) is 11.4. The highest BCUT2D eigenvalue weighted by molar-refractivity contribution is 5.98. The molecule has 3 atom stereocenters. The number of fused-ring (bicyclic) bond motifs is 1. The molecule has 1 aromatic heterocycles. The molecule has 172 valence electrons. The number of amides is 1. The van der Waals surface area contributed by atoms with Crippen molar-refractivity contribution in [2.24, 2.45) is 16.8 Å². The summed E-state index contributed by atoms with van der Waals surface area (Å²) in [4.78, 5) is 17.4. The van der Waals surface area contributed by atoms with E-state index >= 15 is 0 Å². The number of hydrogen-bond acceptors (Lipinski definition) is 6. The zero-order chi connectivity index (χ0) is 22.8. The Balaban J connectivity index is 1.56. The molecule has 1 saturated carbocycles. The Kier molecular flexibility index (Phi) is 6.41. The average molecular weight is 439 g/mol. The SMILES string of the molecule is C/C=C/NC(O)c1cn2c(c1C)C(NC1=C(C)C(C(=O)NCC3CC3)=CCC1C)N=CN2. The van der Waals surface area contributed by atoms with Gasteiger partial charge >= 0.3 is 0 Å². The Morgan fingerprint density at radius 1 is 1.41 bits per heavy atom. The smallest absolute Gasteiger partial charge is 0.251 e. The Morgan fingerprint density at radius 3 is 2.91 bits per heavy atom. The lowest BCUT2D eigenvalue weighted by atomic mass is 9.88. The molecule has 2 aliphatic carbocycles. The van der Waals surface area contributed by atoms with Crippen molar-refractivity contribution in [3.05, 3.63) is 58.2 Å². The van der Waals surface area contributed by atoms with Crippen molar-refractivity contribution in [2.45, 2.75) is 59.4 Å². The van der Waals surface area contributed by atoms with E-state index in [1.54, 1.807) is 12.5 Å². The van der Waals surface area contributed by atoms with Crippen LogP contribution in [0.5, 0.6) is 0 Å². The second-order valence-electron chi connectivity index (χ2n) is 8.93. The van der Waals surface area contributed by atoms with E-state index in [4.69, 9.17) is 0 Å². The molecule has 2 heterocycles. The molecule has 3 aliphatic rings. The van der Waals surface area contributed by atoms with E-state index in [1.165, 1.54) is 12.8 Å². The first kappa shape index (κ1) is 22.2. The summed E-state index contributed by atoms with van der Waals surface area (Å²) in [5.74, 6) is 0.912. The molecule has 0 aromatic carbocycles. The largest absolute Gasteiger partial charge is 0.369 e. The van der Waals surface area contributed by atoms with E-state index < -0.39 is 6.23 Å². The summed E-state index contributed by atoms with van der Waals surface area (Å²) in [5, 5.41) is 20.2. The number of aromatic nitrogens is 1. The Morgan fingerprint density at radius 2 is 2.19 bits per heavy atom. The third-order valence-electron chi connectivity index (χ3n) is 6.50. The maximum Gasteiger partial charge on any atom is 0.251 e. The number of aliphatic hydroxyl groups is 1. The lowest BCUT2D eigenvalue weighted by Crippen LogP contribution is -2.34. The van der Waals surface area contributed by atoms with Gasteiger partial charge in [-0.15, -0.1) is 0 Å². The summed E-state index contributed by atoms with van der Waals surface area (Å²) in [6, 6.07) is 0. The predicted octanol–water partition coefficient (Wildman–Crippen LogP) is 2.85. The van der Waals surface area contributed by atoms with Gasteiger partial charge in [0, 0.05) is 29.6 Å². The van der Waals surface area contributed by atoms with E-state index in [9.17, 15) is 9.90 Å². The minimum Gasteiger partial charge on any atom is -0.369 e. The molecule has 4 rings (SSSR count). The van der Waals surface area contributed by atoms with E-state index in [2.05, 4.69) is 39.4 Å². The van der Waals surface area contributed by atoms with Crippen molar-refractivity contribution < 1.29 is 9.90 Å². The highest BCUT2D eigenvalue weighted by Crippen LogP contribution is 2.34. The number of rotatable bonds is 8. The minimum absolute atomic E-state index is 0.00873. The molecule has 0 spiro atoms. The average Bonchev–Trinajstić information content (AvgIpc) is 3.55. The number of hydrogen-bond donors (Lipinski definition) is 5. The molecule has 1 amide bonds. The molecule has 3 unspecified atom stereocenters. The first-order chi connectivity index (χ1) is 15.4. The van der Waals surface area contributed by atoms with Crippen molar-refractivity contribution in [1.29, 1.82) is 0 Å². The molecular weight excluding hydrogens is 404 g/mol. The maximum absolute atomic E-state index is 12.8. The standard InChI is InChI=1S/C24H34N6O2/c1-5-10-25-24(32)19-12-30-21(16(19)4)22(27-13-28-30)29-20-14(2)6-9-18(15(20)3)23(31)26-11-17-7-8-17/h5,9-10,12-14,17,22,24-25,29,32H,6-8,11H2,1-4H3,(H,26,31)(H,27,28)/b10-5+. The fourth-order valence-corrected chi connectivity index (χ4v) is 4.37. The van der Waals surface area contributed by atoms with Gasteiger partial charge < -0.3 is 21.1 Å². The van der Waals surface area contributed by atoms with Crippen LogP contribution in [0.25, 0.3) is 0 Å². The van der Waals surface area contributed by atoms with Crippen LogP contribution in [0.2, 0.25) is 0 Å². The molecule has 1 aliphatic heterocycles. The molecule has 8 heteroatoms. The molecule has 1 aromatic rings. The van der Waals surface area contributed by atoms with E-state index in [0.717, 1.165) is 46.6 Å². The van der Waals surface area contributed by atoms with Crippen LogP contribution >= 0.6 is 0 Å². The van der Waals surface area contributed by atoms with Gasteiger partial charge in [-0.2, -0.15) is 0 Å². The van der Waals surface area contributed by atoms with Crippen LogP contribution in [0.1, 0.15) is 69.2 Å². The Hall–Kier alpha value is -3.00. The molecule has 0 radical (unpaired) electrons. The summed E-state index contributed by atoms with van der Waals surface area (Å²) in [5.41, 5.74) is 8.55. The van der Waals surface area contributed by atoms with Crippen molar-refractivity contribution in [3.8, 4) is 0 Å². The van der Waals surface area contributed by atoms with Gasteiger partial charge in [-0.3, -0.25) is 14.9 Å². The Labute approximate surface area is 189 Å². The van der Waals surface area contributed by atoms with Crippen molar-refractivity contribution >= 4 is 12.2 Å². The van der Waals surface area contributed by atoms with Crippen LogP contribution < -0.4 is 21.4 Å². The summed E-state index contributed by atoms with van der Waals surface area (Å²) >= 11 is 0. The van der Waals surface area contributed by atoms with Gasteiger partial charge in [0.1, 0.15) is 6.34 Å². The second-order valence-corrected chi connectivity index (χ2v) is 8.93. The number of aliphatic hydroxyl groups excluding tert-OH is 1. The van der Waals surface area contributed by atoms with Gasteiger partial charge in [-0.25, -0.2) is 4.99 Å². The number of nitrogens with one attached hydrogen (secondary N) is 4. The molecule has 1 fully saturated rings. The van der Waals surface area contributed by atoms with Crippen molar-refractivity contribution in [3.63, 3.8) is 0 Å². The van der Waals surface area contributed by atoms with Crippen molar-refractivity contribution in [2.75, 3.05) is 12.0 Å². The number of allylic oxidation sites excluding steroid dienone is 3. The van der Waals surface area contributed by atoms with Crippen LogP contribution in [-0.4, -0.2) is 28.6 Å². The van der Waals surface area contributed by atoms with Crippen LogP contribution in [0.15, 0.2) is 46.4 Å². The summed E-state index contributed by atoms with van der Waals surface area (Å²) < 4.78 is 1.89. The summed E-state index contributed by atoms with van der Waals surface area (Å²) in [6.07, 6.45) is 11.2. The van der Waals surface area contributed by atoms with Crippen LogP contribution in [0, 0.1) is 18.8 Å². The van der Waals surface area contributed by atoms with E-state index in [1.807, 2.05) is 37.7 Å². The maximum atomic E-state index is 12.8. The van der Waals surface area contributed by atoms with Gasteiger partial charge in [0.15, 0.2) is 12.4 Å². The fourth-order valence-electron chi connectivity index (χ4n) is 4.37. The normalized spacial score (nSPS) is 23.5.